The fourth-order valence-corrected chi connectivity index (χ4v) is 4.49. The van der Waals surface area contributed by atoms with Crippen LogP contribution >= 0.6 is 0 Å². The first kappa shape index (κ1) is 16.2. The summed E-state index contributed by atoms with van der Waals surface area (Å²) in [6, 6.07) is 15.7. The quantitative estimate of drug-likeness (QED) is 0.728. The smallest absolute Gasteiger partial charge is 0.102 e. The largest absolute Gasteiger partial charge is 0.370 e. The zero-order valence-electron chi connectivity index (χ0n) is 14.9. The lowest BCUT2D eigenvalue weighted by atomic mass is 9.84. The molecular weight excluding hydrogens is 304 g/mol. The zero-order valence-corrected chi connectivity index (χ0v) is 14.9. The van der Waals surface area contributed by atoms with Crippen LogP contribution in [-0.2, 0) is 12.8 Å². The van der Waals surface area contributed by atoms with Crippen molar-refractivity contribution in [3.63, 3.8) is 0 Å². The number of benzene rings is 2. The number of nitrogens with zero attached hydrogens (tertiary/aromatic N) is 2. The molecule has 0 bridgehead atoms. The van der Waals surface area contributed by atoms with Crippen LogP contribution in [0.25, 0.3) is 11.1 Å². The van der Waals surface area contributed by atoms with Crippen LogP contribution in [0.2, 0.25) is 0 Å². The highest BCUT2D eigenvalue weighted by molar-refractivity contribution is 5.78. The molecule has 2 nitrogen and oxygen atoms in total. The van der Waals surface area contributed by atoms with E-state index in [-0.39, 0.29) is 0 Å². The average Bonchev–Trinajstić information content (AvgIpc) is 3.16. The van der Waals surface area contributed by atoms with E-state index >= 15 is 0 Å². The van der Waals surface area contributed by atoms with Crippen molar-refractivity contribution < 1.29 is 0 Å². The van der Waals surface area contributed by atoms with E-state index in [2.05, 4.69) is 47.4 Å². The van der Waals surface area contributed by atoms with Gasteiger partial charge in [-0.3, -0.25) is 0 Å². The maximum Gasteiger partial charge on any atom is 0.102 e. The Labute approximate surface area is 151 Å². The van der Waals surface area contributed by atoms with Crippen molar-refractivity contribution in [2.45, 2.75) is 51.4 Å². The molecule has 1 heterocycles. The van der Waals surface area contributed by atoms with E-state index in [1.165, 1.54) is 66.5 Å². The van der Waals surface area contributed by atoms with Gasteiger partial charge in [0.25, 0.3) is 0 Å². The first-order chi connectivity index (χ1) is 12.4. The molecule has 1 fully saturated rings. The lowest BCUT2D eigenvalue weighted by Gasteiger charge is -2.26. The maximum absolute atomic E-state index is 9.98. The normalized spacial score (nSPS) is 17.5. The van der Waals surface area contributed by atoms with Gasteiger partial charge in [-0.15, -0.1) is 0 Å². The molecule has 4 rings (SSSR count). The highest BCUT2D eigenvalue weighted by atomic mass is 15.1. The second-order valence-corrected chi connectivity index (χ2v) is 7.36. The van der Waals surface area contributed by atoms with Crippen LogP contribution in [0, 0.1) is 11.3 Å². The maximum atomic E-state index is 9.98. The molecule has 1 saturated heterocycles. The van der Waals surface area contributed by atoms with Gasteiger partial charge in [0.15, 0.2) is 0 Å². The number of anilines is 1. The zero-order chi connectivity index (χ0) is 17.1. The number of fused-ring (bicyclic) bond motifs is 1. The number of hydrogen-bond acceptors (Lipinski definition) is 2. The highest BCUT2D eigenvalue weighted by Gasteiger charge is 2.24. The van der Waals surface area contributed by atoms with Gasteiger partial charge in [-0.05, 0) is 66.8 Å². The topological polar surface area (TPSA) is 27.0 Å². The molecule has 0 radical (unpaired) electrons. The molecule has 0 amide bonds. The molecule has 2 heteroatoms. The van der Waals surface area contributed by atoms with Gasteiger partial charge in [-0.1, -0.05) is 43.2 Å². The van der Waals surface area contributed by atoms with Crippen molar-refractivity contribution in [1.29, 1.82) is 5.26 Å². The third-order valence-electron chi connectivity index (χ3n) is 5.78. The van der Waals surface area contributed by atoms with Crippen LogP contribution in [0.15, 0.2) is 36.4 Å². The molecule has 0 spiro atoms. The van der Waals surface area contributed by atoms with Crippen molar-refractivity contribution in [3.05, 3.63) is 53.1 Å². The van der Waals surface area contributed by atoms with Gasteiger partial charge in [-0.25, -0.2) is 0 Å². The molecule has 1 aliphatic heterocycles. The Bertz CT molecular complexity index is 780. The van der Waals surface area contributed by atoms with Gasteiger partial charge in [-0.2, -0.15) is 5.26 Å². The summed E-state index contributed by atoms with van der Waals surface area (Å²) < 4.78 is 0. The van der Waals surface area contributed by atoms with Gasteiger partial charge in [0.05, 0.1) is 11.3 Å². The molecule has 0 saturated carbocycles. The fraction of sp³-hybridized carbons (Fsp3) is 0.435. The number of rotatable bonds is 2. The number of hydrogen-bond donors (Lipinski definition) is 0. The SMILES string of the molecule is N#Cc1c(N2CCCC2)cc(-c2ccccc2)c2c1CCCCCC2. The van der Waals surface area contributed by atoms with E-state index in [0.717, 1.165) is 31.5 Å². The Morgan fingerprint density at radius 2 is 1.48 bits per heavy atom. The Hall–Kier alpha value is -2.27. The van der Waals surface area contributed by atoms with Gasteiger partial charge < -0.3 is 4.90 Å². The molecule has 0 unspecified atom stereocenters. The predicted octanol–water partition coefficient (Wildman–Crippen LogP) is 5.48. The summed E-state index contributed by atoms with van der Waals surface area (Å²) in [6.07, 6.45) is 9.68. The average molecular weight is 330 g/mol. The molecule has 2 aromatic carbocycles. The fourth-order valence-electron chi connectivity index (χ4n) is 4.49. The van der Waals surface area contributed by atoms with E-state index in [4.69, 9.17) is 0 Å². The van der Waals surface area contributed by atoms with Crippen LogP contribution in [-0.4, -0.2) is 13.1 Å². The Kier molecular flexibility index (Phi) is 4.74. The summed E-state index contributed by atoms with van der Waals surface area (Å²) in [5.74, 6) is 0. The monoisotopic (exact) mass is 330 g/mol. The summed E-state index contributed by atoms with van der Waals surface area (Å²) in [5.41, 5.74) is 7.56. The second kappa shape index (κ2) is 7.31. The minimum absolute atomic E-state index is 0.957. The first-order valence-corrected chi connectivity index (χ1v) is 9.77. The summed E-state index contributed by atoms with van der Waals surface area (Å²) in [7, 11) is 0. The second-order valence-electron chi connectivity index (χ2n) is 7.36. The molecule has 128 valence electrons. The summed E-state index contributed by atoms with van der Waals surface area (Å²) >= 11 is 0. The van der Waals surface area contributed by atoms with E-state index in [9.17, 15) is 5.26 Å². The number of nitriles is 1. The van der Waals surface area contributed by atoms with Crippen LogP contribution in [0.1, 0.15) is 55.2 Å². The van der Waals surface area contributed by atoms with Gasteiger partial charge in [0.2, 0.25) is 0 Å². The Morgan fingerprint density at radius 1 is 0.800 bits per heavy atom. The van der Waals surface area contributed by atoms with Crippen molar-refractivity contribution in [2.75, 3.05) is 18.0 Å². The van der Waals surface area contributed by atoms with E-state index in [1.54, 1.807) is 0 Å². The molecule has 0 N–H and O–H groups in total. The minimum Gasteiger partial charge on any atom is -0.370 e. The highest BCUT2D eigenvalue weighted by Crippen LogP contribution is 2.39. The van der Waals surface area contributed by atoms with Crippen LogP contribution in [0.5, 0.6) is 0 Å². The van der Waals surface area contributed by atoms with Crippen molar-refractivity contribution in [2.24, 2.45) is 0 Å². The van der Waals surface area contributed by atoms with Gasteiger partial charge >= 0.3 is 0 Å². The molecule has 1 aliphatic carbocycles. The van der Waals surface area contributed by atoms with Crippen LogP contribution in [0.4, 0.5) is 5.69 Å². The minimum atomic E-state index is 0.957. The Morgan fingerprint density at radius 3 is 2.16 bits per heavy atom. The lowest BCUT2D eigenvalue weighted by Crippen LogP contribution is -2.20. The summed E-state index contributed by atoms with van der Waals surface area (Å²) in [6.45, 7) is 2.17. The van der Waals surface area contributed by atoms with Gasteiger partial charge in [0.1, 0.15) is 6.07 Å². The van der Waals surface area contributed by atoms with Crippen molar-refractivity contribution in [1.82, 2.24) is 0 Å². The van der Waals surface area contributed by atoms with Crippen molar-refractivity contribution in [3.8, 4) is 17.2 Å². The molecular formula is C23H26N2. The lowest BCUT2D eigenvalue weighted by molar-refractivity contribution is 0.617. The summed E-state index contributed by atoms with van der Waals surface area (Å²) in [4.78, 5) is 2.43. The van der Waals surface area contributed by atoms with Crippen LogP contribution < -0.4 is 4.90 Å². The van der Waals surface area contributed by atoms with Gasteiger partial charge in [0, 0.05) is 13.1 Å². The third-order valence-corrected chi connectivity index (χ3v) is 5.78. The predicted molar refractivity (Wildman–Crippen MR) is 104 cm³/mol. The molecule has 0 aromatic heterocycles. The molecule has 0 atom stereocenters. The van der Waals surface area contributed by atoms with Crippen molar-refractivity contribution >= 4 is 5.69 Å². The molecule has 2 aliphatic rings. The molecule has 2 aromatic rings. The van der Waals surface area contributed by atoms with Crippen LogP contribution in [0.3, 0.4) is 0 Å². The molecule has 25 heavy (non-hydrogen) atoms. The van der Waals surface area contributed by atoms with E-state index in [0.29, 0.717) is 0 Å². The standard InChI is InChI=1S/C23H26N2/c24-17-22-20-13-7-2-1-6-12-19(20)21(18-10-4-3-5-11-18)16-23(22)25-14-8-9-15-25/h3-5,10-11,16H,1-2,6-9,12-15H2. The first-order valence-electron chi connectivity index (χ1n) is 9.77. The Balaban J connectivity index is 1.94. The van der Waals surface area contributed by atoms with E-state index in [1.807, 2.05) is 0 Å². The summed E-state index contributed by atoms with van der Waals surface area (Å²) in [5, 5.41) is 9.98. The van der Waals surface area contributed by atoms with E-state index < -0.39 is 0 Å². The third kappa shape index (κ3) is 3.16.